The van der Waals surface area contributed by atoms with Crippen LogP contribution in [-0.4, -0.2) is 24.9 Å². The monoisotopic (exact) mass is 228 g/mol. The summed E-state index contributed by atoms with van der Waals surface area (Å²) in [6, 6.07) is 3.40. The molecule has 1 aliphatic rings. The van der Waals surface area contributed by atoms with Crippen molar-refractivity contribution in [3.05, 3.63) is 35.4 Å². The molecule has 0 aliphatic carbocycles. The Morgan fingerprint density at radius 3 is 2.81 bits per heavy atom. The van der Waals surface area contributed by atoms with Gasteiger partial charge in [-0.15, -0.1) is 0 Å². The summed E-state index contributed by atoms with van der Waals surface area (Å²) in [7, 11) is 0. The maximum absolute atomic E-state index is 13.4. The summed E-state index contributed by atoms with van der Waals surface area (Å²) in [6.45, 7) is 0.903. The second-order valence-electron chi connectivity index (χ2n) is 4.37. The SMILES string of the molecule is OCC1(Cc2cc(F)ccc2F)CCOC1. The van der Waals surface area contributed by atoms with Gasteiger partial charge in [-0.05, 0) is 36.6 Å². The van der Waals surface area contributed by atoms with Crippen LogP contribution in [0.4, 0.5) is 8.78 Å². The summed E-state index contributed by atoms with van der Waals surface area (Å²) in [5, 5.41) is 9.34. The zero-order chi connectivity index (χ0) is 11.6. The molecule has 0 amide bonds. The van der Waals surface area contributed by atoms with Crippen molar-refractivity contribution in [1.29, 1.82) is 0 Å². The minimum Gasteiger partial charge on any atom is -0.396 e. The Morgan fingerprint density at radius 1 is 1.38 bits per heavy atom. The van der Waals surface area contributed by atoms with Crippen LogP contribution >= 0.6 is 0 Å². The first kappa shape index (κ1) is 11.5. The van der Waals surface area contributed by atoms with Crippen molar-refractivity contribution in [2.24, 2.45) is 5.41 Å². The molecule has 16 heavy (non-hydrogen) atoms. The molecule has 1 heterocycles. The fourth-order valence-electron chi connectivity index (χ4n) is 2.05. The fourth-order valence-corrected chi connectivity index (χ4v) is 2.05. The van der Waals surface area contributed by atoms with Gasteiger partial charge >= 0.3 is 0 Å². The number of aliphatic hydroxyl groups excluding tert-OH is 1. The maximum atomic E-state index is 13.4. The lowest BCUT2D eigenvalue weighted by Crippen LogP contribution is -2.28. The summed E-state index contributed by atoms with van der Waals surface area (Å²) in [5.41, 5.74) is -0.145. The molecule has 88 valence electrons. The highest BCUT2D eigenvalue weighted by molar-refractivity contribution is 5.20. The molecule has 1 N–H and O–H groups in total. The largest absolute Gasteiger partial charge is 0.396 e. The van der Waals surface area contributed by atoms with Gasteiger partial charge in [0.1, 0.15) is 11.6 Å². The molecular weight excluding hydrogens is 214 g/mol. The number of aliphatic hydroxyl groups is 1. The van der Waals surface area contributed by atoms with E-state index in [0.717, 1.165) is 12.1 Å². The van der Waals surface area contributed by atoms with Crippen molar-refractivity contribution in [1.82, 2.24) is 0 Å². The van der Waals surface area contributed by atoms with Gasteiger partial charge in [0, 0.05) is 12.0 Å². The van der Waals surface area contributed by atoms with Crippen molar-refractivity contribution in [2.75, 3.05) is 19.8 Å². The molecule has 1 aromatic rings. The van der Waals surface area contributed by atoms with Crippen LogP contribution in [0.2, 0.25) is 0 Å². The molecule has 4 heteroatoms. The summed E-state index contributed by atoms with van der Waals surface area (Å²) in [6.07, 6.45) is 0.993. The first-order chi connectivity index (χ1) is 7.65. The molecule has 0 spiro atoms. The first-order valence-electron chi connectivity index (χ1n) is 5.28. The van der Waals surface area contributed by atoms with Crippen molar-refractivity contribution < 1.29 is 18.6 Å². The molecule has 1 aromatic carbocycles. The Bertz CT molecular complexity index is 373. The van der Waals surface area contributed by atoms with Crippen molar-refractivity contribution in [3.8, 4) is 0 Å². The van der Waals surface area contributed by atoms with Gasteiger partial charge in [0.25, 0.3) is 0 Å². The molecule has 1 saturated heterocycles. The fraction of sp³-hybridized carbons (Fsp3) is 0.500. The Balaban J connectivity index is 2.21. The first-order valence-corrected chi connectivity index (χ1v) is 5.28. The number of hydrogen-bond donors (Lipinski definition) is 1. The smallest absolute Gasteiger partial charge is 0.126 e. The van der Waals surface area contributed by atoms with E-state index >= 15 is 0 Å². The molecule has 0 saturated carbocycles. The number of ether oxygens (including phenoxy) is 1. The van der Waals surface area contributed by atoms with Crippen LogP contribution < -0.4 is 0 Å². The van der Waals surface area contributed by atoms with Crippen molar-refractivity contribution in [2.45, 2.75) is 12.8 Å². The highest BCUT2D eigenvalue weighted by Crippen LogP contribution is 2.32. The lowest BCUT2D eigenvalue weighted by atomic mass is 9.81. The quantitative estimate of drug-likeness (QED) is 0.856. The van der Waals surface area contributed by atoms with Crippen LogP contribution in [0.15, 0.2) is 18.2 Å². The van der Waals surface area contributed by atoms with Crippen LogP contribution in [0, 0.1) is 17.0 Å². The van der Waals surface area contributed by atoms with Crippen molar-refractivity contribution in [3.63, 3.8) is 0 Å². The van der Waals surface area contributed by atoms with Crippen LogP contribution in [0.5, 0.6) is 0 Å². The van der Waals surface area contributed by atoms with E-state index < -0.39 is 17.0 Å². The molecular formula is C12H14F2O2. The topological polar surface area (TPSA) is 29.5 Å². The van der Waals surface area contributed by atoms with Crippen LogP contribution in [0.1, 0.15) is 12.0 Å². The van der Waals surface area contributed by atoms with Crippen LogP contribution in [-0.2, 0) is 11.2 Å². The highest BCUT2D eigenvalue weighted by Gasteiger charge is 2.35. The van der Waals surface area contributed by atoms with Gasteiger partial charge in [0.15, 0.2) is 0 Å². The predicted octanol–water partition coefficient (Wildman–Crippen LogP) is 1.91. The maximum Gasteiger partial charge on any atom is 0.126 e. The van der Waals surface area contributed by atoms with Crippen LogP contribution in [0.3, 0.4) is 0 Å². The molecule has 0 radical (unpaired) electrons. The zero-order valence-electron chi connectivity index (χ0n) is 8.88. The third-order valence-corrected chi connectivity index (χ3v) is 3.09. The van der Waals surface area contributed by atoms with Gasteiger partial charge in [0.05, 0.1) is 13.2 Å². The van der Waals surface area contributed by atoms with Gasteiger partial charge in [-0.3, -0.25) is 0 Å². The second-order valence-corrected chi connectivity index (χ2v) is 4.37. The molecule has 1 atom stereocenters. The van der Waals surface area contributed by atoms with Crippen LogP contribution in [0.25, 0.3) is 0 Å². The van der Waals surface area contributed by atoms with E-state index in [-0.39, 0.29) is 6.61 Å². The van der Waals surface area contributed by atoms with E-state index in [1.54, 1.807) is 0 Å². The Hall–Kier alpha value is -1.00. The number of rotatable bonds is 3. The average molecular weight is 228 g/mol. The standard InChI is InChI=1S/C12H14F2O2/c13-10-1-2-11(14)9(5-10)6-12(7-15)3-4-16-8-12/h1-2,5,15H,3-4,6-8H2. The molecule has 1 aliphatic heterocycles. The predicted molar refractivity (Wildman–Crippen MR) is 55.0 cm³/mol. The van der Waals surface area contributed by atoms with Gasteiger partial charge in [-0.1, -0.05) is 0 Å². The molecule has 0 bridgehead atoms. The minimum absolute atomic E-state index is 0.0665. The summed E-state index contributed by atoms with van der Waals surface area (Å²) in [4.78, 5) is 0. The van der Waals surface area contributed by atoms with E-state index in [2.05, 4.69) is 0 Å². The molecule has 1 unspecified atom stereocenters. The number of halogens is 2. The number of hydrogen-bond acceptors (Lipinski definition) is 2. The Morgan fingerprint density at radius 2 is 2.19 bits per heavy atom. The summed E-state index contributed by atoms with van der Waals surface area (Å²) < 4.78 is 31.6. The zero-order valence-corrected chi connectivity index (χ0v) is 8.88. The highest BCUT2D eigenvalue weighted by atomic mass is 19.1. The third-order valence-electron chi connectivity index (χ3n) is 3.09. The van der Waals surface area contributed by atoms with E-state index in [4.69, 9.17) is 4.74 Å². The average Bonchev–Trinajstić information content (AvgIpc) is 2.73. The minimum atomic E-state index is -0.455. The van der Waals surface area contributed by atoms with Gasteiger partial charge in [0.2, 0.25) is 0 Å². The van der Waals surface area contributed by atoms with Crippen molar-refractivity contribution >= 4 is 0 Å². The lowest BCUT2D eigenvalue weighted by molar-refractivity contribution is 0.0928. The lowest BCUT2D eigenvalue weighted by Gasteiger charge is -2.24. The van der Waals surface area contributed by atoms with Gasteiger partial charge in [-0.2, -0.15) is 0 Å². The number of benzene rings is 1. The molecule has 2 rings (SSSR count). The Labute approximate surface area is 92.9 Å². The second kappa shape index (κ2) is 4.47. The Kier molecular flexibility index (Phi) is 3.21. The van der Waals surface area contributed by atoms with Gasteiger partial charge < -0.3 is 9.84 Å². The van der Waals surface area contributed by atoms with E-state index in [9.17, 15) is 13.9 Å². The summed E-state index contributed by atoms with van der Waals surface area (Å²) >= 11 is 0. The van der Waals surface area contributed by atoms with E-state index in [1.165, 1.54) is 6.07 Å². The molecule has 1 fully saturated rings. The normalized spacial score (nSPS) is 24.9. The van der Waals surface area contributed by atoms with Gasteiger partial charge in [-0.25, -0.2) is 8.78 Å². The molecule has 0 aromatic heterocycles. The van der Waals surface area contributed by atoms with E-state index in [1.807, 2.05) is 0 Å². The summed E-state index contributed by atoms with van der Waals surface area (Å²) in [5.74, 6) is -0.885. The third kappa shape index (κ3) is 2.23. The van der Waals surface area contributed by atoms with E-state index in [0.29, 0.717) is 31.6 Å². The molecule has 2 nitrogen and oxygen atoms in total.